The summed E-state index contributed by atoms with van der Waals surface area (Å²) in [5.41, 5.74) is 0. The molecular formula is C4H13O6P2+. The smallest absolute Gasteiger partial charge is 0.328 e. The lowest BCUT2D eigenvalue weighted by atomic mass is 11.8. The lowest BCUT2D eigenvalue weighted by Crippen LogP contribution is -1.75. The van der Waals surface area contributed by atoms with Crippen molar-refractivity contribution in [1.82, 2.24) is 0 Å². The number of rotatable bonds is 4. The van der Waals surface area contributed by atoms with E-state index in [0.29, 0.717) is 0 Å². The van der Waals surface area contributed by atoms with Gasteiger partial charge >= 0.3 is 16.9 Å². The Morgan fingerprint density at radius 2 is 1.42 bits per heavy atom. The summed E-state index contributed by atoms with van der Waals surface area (Å²) in [7, 11) is 2.01. The molecular weight excluding hydrogens is 206 g/mol. The molecule has 0 rings (SSSR count). The summed E-state index contributed by atoms with van der Waals surface area (Å²) < 4.78 is 26.9. The van der Waals surface area contributed by atoms with E-state index in [1.165, 1.54) is 28.4 Å². The Labute approximate surface area is 73.7 Å². The third-order valence-corrected chi connectivity index (χ3v) is 1.83. The monoisotopic (exact) mass is 219 g/mol. The van der Waals surface area contributed by atoms with Crippen LogP contribution >= 0.6 is 16.9 Å². The molecule has 0 bridgehead atoms. The maximum absolute atomic E-state index is 9.88. The molecule has 0 aliphatic carbocycles. The molecule has 0 fully saturated rings. The third kappa shape index (κ3) is 13.0. The second-order valence-corrected chi connectivity index (χ2v) is 3.58. The summed E-state index contributed by atoms with van der Waals surface area (Å²) in [6.07, 6.45) is 0. The number of hydrogen-bond donors (Lipinski definition) is 1. The van der Waals surface area contributed by atoms with E-state index >= 15 is 0 Å². The van der Waals surface area contributed by atoms with E-state index in [0.717, 1.165) is 0 Å². The van der Waals surface area contributed by atoms with Crippen molar-refractivity contribution in [3.8, 4) is 0 Å². The van der Waals surface area contributed by atoms with Crippen LogP contribution in [0.2, 0.25) is 0 Å². The first-order chi connectivity index (χ1) is 5.62. The normalized spacial score (nSPS) is 9.17. The van der Waals surface area contributed by atoms with Crippen LogP contribution in [0.5, 0.6) is 0 Å². The zero-order valence-corrected chi connectivity index (χ0v) is 9.17. The fourth-order valence-electron chi connectivity index (χ4n) is 0.149. The third-order valence-electron chi connectivity index (χ3n) is 0.611. The van der Waals surface area contributed by atoms with Crippen molar-refractivity contribution in [2.75, 3.05) is 28.4 Å². The van der Waals surface area contributed by atoms with Crippen LogP contribution in [0.1, 0.15) is 0 Å². The van der Waals surface area contributed by atoms with Gasteiger partial charge in [0.15, 0.2) is 0 Å². The van der Waals surface area contributed by atoms with Crippen LogP contribution in [0.15, 0.2) is 0 Å². The minimum Gasteiger partial charge on any atom is -0.328 e. The molecule has 12 heavy (non-hydrogen) atoms. The Bertz CT molecular complexity index is 99.7. The molecule has 0 atom stereocenters. The van der Waals surface area contributed by atoms with Crippen molar-refractivity contribution in [2.45, 2.75) is 0 Å². The molecule has 0 amide bonds. The van der Waals surface area contributed by atoms with Crippen LogP contribution in [0.25, 0.3) is 0 Å². The predicted octanol–water partition coefficient (Wildman–Crippen LogP) is 1.43. The van der Waals surface area contributed by atoms with Gasteiger partial charge < -0.3 is 13.9 Å². The number of hydrogen-bond acceptors (Lipinski definition) is 6. The fourth-order valence-corrected chi connectivity index (χ4v) is 0.447. The van der Waals surface area contributed by atoms with Crippen molar-refractivity contribution < 1.29 is 27.6 Å². The van der Waals surface area contributed by atoms with Gasteiger partial charge in [-0.25, -0.2) is 0 Å². The van der Waals surface area contributed by atoms with E-state index in [4.69, 9.17) is 4.89 Å². The standard InChI is InChI=1S/C2H7O3P.C2H6O3P/c2*1-4-6(3)5-2/h3H,1-2H3;1-2H3/q;+1. The van der Waals surface area contributed by atoms with Gasteiger partial charge in [-0.05, 0) is 0 Å². The first-order valence-corrected chi connectivity index (χ1v) is 4.97. The molecule has 0 aromatic rings. The molecule has 0 saturated carbocycles. The van der Waals surface area contributed by atoms with Crippen molar-refractivity contribution >= 4 is 16.9 Å². The maximum Gasteiger partial charge on any atom is 0.696 e. The van der Waals surface area contributed by atoms with E-state index in [1.807, 2.05) is 0 Å². The highest BCUT2D eigenvalue weighted by Gasteiger charge is 2.10. The molecule has 6 nitrogen and oxygen atoms in total. The van der Waals surface area contributed by atoms with Crippen LogP contribution in [-0.2, 0) is 22.7 Å². The molecule has 0 radical (unpaired) electrons. The van der Waals surface area contributed by atoms with E-state index in [2.05, 4.69) is 18.1 Å². The molecule has 0 saturated heterocycles. The molecule has 0 aromatic carbocycles. The SMILES string of the molecule is COP(O)OC.CO[P+](=O)OC. The lowest BCUT2D eigenvalue weighted by molar-refractivity contribution is 0.271. The fraction of sp³-hybridized carbons (Fsp3) is 1.00. The van der Waals surface area contributed by atoms with Crippen molar-refractivity contribution in [1.29, 1.82) is 0 Å². The van der Waals surface area contributed by atoms with Crippen LogP contribution in [0.3, 0.4) is 0 Å². The van der Waals surface area contributed by atoms with Crippen LogP contribution in [0.4, 0.5) is 0 Å². The molecule has 0 unspecified atom stereocenters. The summed E-state index contributed by atoms with van der Waals surface area (Å²) in [6.45, 7) is 0. The highest BCUT2D eigenvalue weighted by Crippen LogP contribution is 2.28. The Hall–Kier alpha value is 0.330. The Morgan fingerprint density at radius 3 is 1.42 bits per heavy atom. The van der Waals surface area contributed by atoms with Gasteiger partial charge in [-0.2, -0.15) is 0 Å². The van der Waals surface area contributed by atoms with Gasteiger partial charge in [-0.15, -0.1) is 9.05 Å². The van der Waals surface area contributed by atoms with E-state index in [-0.39, 0.29) is 0 Å². The van der Waals surface area contributed by atoms with Crippen molar-refractivity contribution in [3.63, 3.8) is 0 Å². The Balaban J connectivity index is 0. The van der Waals surface area contributed by atoms with Crippen molar-refractivity contribution in [2.24, 2.45) is 0 Å². The summed E-state index contributed by atoms with van der Waals surface area (Å²) in [4.78, 5) is 8.29. The summed E-state index contributed by atoms with van der Waals surface area (Å²) >= 11 is 0. The second kappa shape index (κ2) is 11.3. The highest BCUT2D eigenvalue weighted by atomic mass is 31.2. The predicted molar refractivity (Wildman–Crippen MR) is 44.8 cm³/mol. The van der Waals surface area contributed by atoms with Gasteiger partial charge in [-0.1, -0.05) is 0 Å². The average Bonchev–Trinajstić information content (AvgIpc) is 2.16. The van der Waals surface area contributed by atoms with Crippen LogP contribution in [-0.4, -0.2) is 33.3 Å². The average molecular weight is 219 g/mol. The molecule has 8 heteroatoms. The van der Waals surface area contributed by atoms with Gasteiger partial charge in [0, 0.05) is 18.8 Å². The first-order valence-electron chi connectivity index (χ1n) is 2.75. The van der Waals surface area contributed by atoms with Gasteiger partial charge in [0.05, 0.1) is 14.2 Å². The van der Waals surface area contributed by atoms with Gasteiger partial charge in [-0.3, -0.25) is 0 Å². The van der Waals surface area contributed by atoms with Crippen molar-refractivity contribution in [3.05, 3.63) is 0 Å². The summed E-state index contributed by atoms with van der Waals surface area (Å²) in [5, 5.41) is 0. The zero-order valence-electron chi connectivity index (χ0n) is 7.38. The Morgan fingerprint density at radius 1 is 1.08 bits per heavy atom. The topological polar surface area (TPSA) is 74.2 Å². The minimum atomic E-state index is -1.83. The molecule has 0 aliphatic heterocycles. The van der Waals surface area contributed by atoms with Gasteiger partial charge in [0.1, 0.15) is 0 Å². The summed E-state index contributed by atoms with van der Waals surface area (Å²) in [6, 6.07) is 0. The van der Waals surface area contributed by atoms with Crippen LogP contribution in [0, 0.1) is 0 Å². The van der Waals surface area contributed by atoms with Crippen LogP contribution < -0.4 is 0 Å². The largest absolute Gasteiger partial charge is 0.696 e. The van der Waals surface area contributed by atoms with Gasteiger partial charge in [0.25, 0.3) is 0 Å². The summed E-state index contributed by atoms with van der Waals surface area (Å²) in [5.74, 6) is 0. The van der Waals surface area contributed by atoms with E-state index in [1.54, 1.807) is 0 Å². The molecule has 1 N–H and O–H groups in total. The van der Waals surface area contributed by atoms with Gasteiger partial charge in [0.2, 0.25) is 0 Å². The Kier molecular flexibility index (Phi) is 14.0. The molecule has 0 heterocycles. The van der Waals surface area contributed by atoms with E-state index in [9.17, 15) is 4.57 Å². The zero-order chi connectivity index (χ0) is 9.98. The minimum absolute atomic E-state index is 1.32. The quantitative estimate of drug-likeness (QED) is 0.721. The molecule has 74 valence electrons. The lowest BCUT2D eigenvalue weighted by Gasteiger charge is -1.98. The maximum atomic E-state index is 9.88. The molecule has 0 spiro atoms. The highest BCUT2D eigenvalue weighted by molar-refractivity contribution is 7.40. The second-order valence-electron chi connectivity index (χ2n) is 1.19. The molecule has 0 aliphatic rings. The van der Waals surface area contributed by atoms with E-state index < -0.39 is 16.9 Å². The first kappa shape index (κ1) is 14.8. The molecule has 0 aromatic heterocycles.